The van der Waals surface area contributed by atoms with Crippen molar-refractivity contribution in [2.75, 3.05) is 6.61 Å². The highest BCUT2D eigenvalue weighted by molar-refractivity contribution is 5.81. The lowest BCUT2D eigenvalue weighted by Gasteiger charge is -2.19. The molecule has 0 aliphatic heterocycles. The highest BCUT2D eigenvalue weighted by Gasteiger charge is 2.56. The van der Waals surface area contributed by atoms with Crippen molar-refractivity contribution in [3.63, 3.8) is 0 Å². The maximum Gasteiger partial charge on any atom is 0.453 e. The van der Waals surface area contributed by atoms with Crippen LogP contribution in [0.2, 0.25) is 0 Å². The fourth-order valence-electron chi connectivity index (χ4n) is 0.823. The minimum absolute atomic E-state index is 0.0503. The summed E-state index contributed by atoms with van der Waals surface area (Å²) >= 11 is 0. The number of esters is 1. The largest absolute Gasteiger partial charge is 0.463 e. The Labute approximate surface area is 89.1 Å². The van der Waals surface area contributed by atoms with Gasteiger partial charge in [0.05, 0.1) is 6.61 Å². The molecule has 0 aromatic carbocycles. The smallest absolute Gasteiger partial charge is 0.453 e. The number of carbonyl (C=O) groups excluding carboxylic acids is 1. The second-order valence-corrected chi connectivity index (χ2v) is 3.03. The van der Waals surface area contributed by atoms with Gasteiger partial charge in [0.2, 0.25) is 0 Å². The zero-order valence-electron chi connectivity index (χ0n) is 8.32. The molecule has 0 fully saturated rings. The van der Waals surface area contributed by atoms with Crippen molar-refractivity contribution in [3.8, 4) is 0 Å². The SMILES string of the molecule is C=CC(=O)OCCCCC(F)(F)C(F)(F)F. The van der Waals surface area contributed by atoms with Gasteiger partial charge in [-0.3, -0.25) is 0 Å². The summed E-state index contributed by atoms with van der Waals surface area (Å²) in [6, 6.07) is 0. The van der Waals surface area contributed by atoms with Gasteiger partial charge in [-0.05, 0) is 12.8 Å². The molecule has 0 N–H and O–H groups in total. The molecule has 0 radical (unpaired) electrons. The van der Waals surface area contributed by atoms with Crippen LogP contribution in [0.15, 0.2) is 12.7 Å². The van der Waals surface area contributed by atoms with Crippen molar-refractivity contribution in [2.45, 2.75) is 31.4 Å². The molecule has 0 heterocycles. The van der Waals surface area contributed by atoms with Crippen molar-refractivity contribution in [1.82, 2.24) is 0 Å². The molecule has 0 aliphatic rings. The number of ether oxygens (including phenoxy) is 1. The third-order valence-electron chi connectivity index (χ3n) is 1.71. The average molecular weight is 246 g/mol. The van der Waals surface area contributed by atoms with Crippen LogP contribution in [0.1, 0.15) is 19.3 Å². The maximum absolute atomic E-state index is 12.3. The lowest BCUT2D eigenvalue weighted by Crippen LogP contribution is -2.36. The summed E-state index contributed by atoms with van der Waals surface area (Å²) in [7, 11) is 0. The van der Waals surface area contributed by atoms with Crippen LogP contribution in [-0.2, 0) is 9.53 Å². The molecule has 0 unspecified atom stereocenters. The Morgan fingerprint density at radius 2 is 1.75 bits per heavy atom. The number of carbonyl (C=O) groups is 1. The van der Waals surface area contributed by atoms with Gasteiger partial charge in [-0.25, -0.2) is 4.79 Å². The van der Waals surface area contributed by atoms with Crippen LogP contribution >= 0.6 is 0 Å². The Balaban J connectivity index is 3.75. The van der Waals surface area contributed by atoms with E-state index >= 15 is 0 Å². The number of rotatable bonds is 6. The molecule has 0 amide bonds. The van der Waals surface area contributed by atoms with Crippen molar-refractivity contribution in [1.29, 1.82) is 0 Å². The van der Waals surface area contributed by atoms with E-state index in [9.17, 15) is 26.7 Å². The number of halogens is 5. The summed E-state index contributed by atoms with van der Waals surface area (Å²) in [5.41, 5.74) is 0. The first kappa shape index (κ1) is 14.9. The van der Waals surface area contributed by atoms with Gasteiger partial charge in [-0.1, -0.05) is 6.58 Å². The first-order chi connectivity index (χ1) is 7.20. The maximum atomic E-state index is 12.3. The van der Waals surface area contributed by atoms with Gasteiger partial charge >= 0.3 is 18.1 Å². The number of hydrogen-bond acceptors (Lipinski definition) is 2. The molecule has 94 valence electrons. The molecule has 0 atom stereocenters. The lowest BCUT2D eigenvalue weighted by atomic mass is 10.1. The third-order valence-corrected chi connectivity index (χ3v) is 1.71. The molecule has 0 spiro atoms. The predicted octanol–water partition coefficient (Wildman–Crippen LogP) is 3.08. The highest BCUT2D eigenvalue weighted by Crippen LogP contribution is 2.38. The molecule has 0 aromatic heterocycles. The molecule has 0 aliphatic carbocycles. The topological polar surface area (TPSA) is 26.3 Å². The zero-order chi connectivity index (χ0) is 12.8. The summed E-state index contributed by atoms with van der Waals surface area (Å²) in [6.45, 7) is 2.89. The summed E-state index contributed by atoms with van der Waals surface area (Å²) < 4.78 is 64.1. The fourth-order valence-corrected chi connectivity index (χ4v) is 0.823. The highest BCUT2D eigenvalue weighted by atomic mass is 19.4. The third kappa shape index (κ3) is 5.09. The van der Waals surface area contributed by atoms with Crippen LogP contribution in [0.5, 0.6) is 0 Å². The zero-order valence-corrected chi connectivity index (χ0v) is 8.32. The minimum atomic E-state index is -5.52. The van der Waals surface area contributed by atoms with Gasteiger partial charge in [0.15, 0.2) is 0 Å². The van der Waals surface area contributed by atoms with Crippen LogP contribution in [0.4, 0.5) is 22.0 Å². The van der Waals surface area contributed by atoms with Crippen molar-refractivity contribution < 1.29 is 31.5 Å². The Hall–Kier alpha value is -1.14. The van der Waals surface area contributed by atoms with Crippen molar-refractivity contribution in [2.24, 2.45) is 0 Å². The van der Waals surface area contributed by atoms with Crippen LogP contribution in [-0.4, -0.2) is 24.7 Å². The van der Waals surface area contributed by atoms with E-state index < -0.39 is 24.5 Å². The first-order valence-electron chi connectivity index (χ1n) is 4.44. The molecule has 2 nitrogen and oxygen atoms in total. The summed E-state index contributed by atoms with van der Waals surface area (Å²) in [4.78, 5) is 10.5. The molecule has 0 bridgehead atoms. The monoisotopic (exact) mass is 246 g/mol. The van der Waals surface area contributed by atoms with Crippen molar-refractivity contribution in [3.05, 3.63) is 12.7 Å². The predicted molar refractivity (Wildman–Crippen MR) is 46.0 cm³/mol. The van der Waals surface area contributed by atoms with Gasteiger partial charge in [-0.15, -0.1) is 0 Å². The molecular weight excluding hydrogens is 235 g/mol. The van der Waals surface area contributed by atoms with E-state index in [1.807, 2.05) is 0 Å². The minimum Gasteiger partial charge on any atom is -0.463 e. The Morgan fingerprint density at radius 1 is 1.19 bits per heavy atom. The Kier molecular flexibility index (Phi) is 5.40. The number of hydrogen-bond donors (Lipinski definition) is 0. The fraction of sp³-hybridized carbons (Fsp3) is 0.667. The van der Waals surface area contributed by atoms with E-state index in [1.165, 1.54) is 0 Å². The standard InChI is InChI=1S/C9H11F5O2/c1-2-7(15)16-6-4-3-5-8(10,11)9(12,13)14/h2H,1,3-6H2. The van der Waals surface area contributed by atoms with Gasteiger partial charge in [0.1, 0.15) is 0 Å². The van der Waals surface area contributed by atoms with Gasteiger partial charge in [-0.2, -0.15) is 22.0 Å². The molecule has 0 saturated carbocycles. The van der Waals surface area contributed by atoms with Crippen LogP contribution in [0, 0.1) is 0 Å². The Morgan fingerprint density at radius 3 is 2.19 bits per heavy atom. The van der Waals surface area contributed by atoms with E-state index in [1.54, 1.807) is 0 Å². The number of unbranched alkanes of at least 4 members (excludes halogenated alkanes) is 1. The normalized spacial score (nSPS) is 12.3. The first-order valence-corrected chi connectivity index (χ1v) is 4.44. The van der Waals surface area contributed by atoms with Gasteiger partial charge in [0, 0.05) is 12.5 Å². The summed E-state index contributed by atoms with van der Waals surface area (Å²) in [6.07, 6.45) is -6.38. The molecular formula is C9H11F5O2. The summed E-state index contributed by atoms with van der Waals surface area (Å²) in [5, 5.41) is 0. The van der Waals surface area contributed by atoms with E-state index in [2.05, 4.69) is 11.3 Å². The number of alkyl halides is 5. The van der Waals surface area contributed by atoms with Crippen molar-refractivity contribution >= 4 is 5.97 Å². The second kappa shape index (κ2) is 5.81. The molecule has 7 heteroatoms. The van der Waals surface area contributed by atoms with Crippen LogP contribution in [0.25, 0.3) is 0 Å². The molecule has 0 rings (SSSR count). The van der Waals surface area contributed by atoms with E-state index in [-0.39, 0.29) is 19.4 Å². The lowest BCUT2D eigenvalue weighted by molar-refractivity contribution is -0.284. The van der Waals surface area contributed by atoms with Crippen LogP contribution in [0.3, 0.4) is 0 Å². The second-order valence-electron chi connectivity index (χ2n) is 3.03. The quantitative estimate of drug-likeness (QED) is 0.311. The van der Waals surface area contributed by atoms with Gasteiger partial charge in [0.25, 0.3) is 0 Å². The van der Waals surface area contributed by atoms with Crippen LogP contribution < -0.4 is 0 Å². The van der Waals surface area contributed by atoms with E-state index in [0.29, 0.717) is 0 Å². The van der Waals surface area contributed by atoms with Gasteiger partial charge < -0.3 is 4.74 Å². The summed E-state index contributed by atoms with van der Waals surface area (Å²) in [5.74, 6) is -5.42. The molecule has 0 aromatic rings. The molecule has 0 saturated heterocycles. The molecule has 16 heavy (non-hydrogen) atoms. The average Bonchev–Trinajstić information content (AvgIpc) is 2.15. The van der Waals surface area contributed by atoms with E-state index in [4.69, 9.17) is 0 Å². The van der Waals surface area contributed by atoms with E-state index in [0.717, 1.165) is 6.08 Å². The Bertz CT molecular complexity index is 247.